The second-order valence-electron chi connectivity index (χ2n) is 3.98. The van der Waals surface area contributed by atoms with Crippen LogP contribution in [0.3, 0.4) is 0 Å². The summed E-state index contributed by atoms with van der Waals surface area (Å²) < 4.78 is 0. The minimum atomic E-state index is -0.302. The molecule has 1 heterocycles. The van der Waals surface area contributed by atoms with Gasteiger partial charge in [0.05, 0.1) is 11.6 Å². The lowest BCUT2D eigenvalue weighted by Gasteiger charge is -2.28. The Labute approximate surface area is 94.3 Å². The van der Waals surface area contributed by atoms with Gasteiger partial charge in [0.15, 0.2) is 0 Å². The highest BCUT2D eigenvalue weighted by atomic mass is 16.2. The summed E-state index contributed by atoms with van der Waals surface area (Å²) in [5.41, 5.74) is 1.50. The van der Waals surface area contributed by atoms with Crippen molar-refractivity contribution in [2.45, 2.75) is 19.0 Å². The number of hydrogen-bond donors (Lipinski definition) is 2. The normalized spacial score (nSPS) is 24.6. The Hall–Kier alpha value is -1.86. The van der Waals surface area contributed by atoms with Gasteiger partial charge in [-0.3, -0.25) is 4.79 Å². The third-order valence-electron chi connectivity index (χ3n) is 2.65. The van der Waals surface area contributed by atoms with Gasteiger partial charge in [-0.2, -0.15) is 5.26 Å². The number of carbonyl (C=O) groups excluding carboxylic acids is 1. The van der Waals surface area contributed by atoms with Crippen molar-refractivity contribution >= 4 is 5.91 Å². The molecular formula is C12H13N3O. The van der Waals surface area contributed by atoms with Gasteiger partial charge in [0.1, 0.15) is 6.04 Å². The first-order chi connectivity index (χ1) is 7.70. The largest absolute Gasteiger partial charge is 0.351 e. The fraction of sp³-hybridized carbons (Fsp3) is 0.333. The first-order valence-corrected chi connectivity index (χ1v) is 5.24. The zero-order chi connectivity index (χ0) is 11.5. The van der Waals surface area contributed by atoms with Gasteiger partial charge in [0, 0.05) is 12.6 Å². The van der Waals surface area contributed by atoms with Gasteiger partial charge in [-0.25, -0.2) is 0 Å². The van der Waals surface area contributed by atoms with Gasteiger partial charge in [-0.15, -0.1) is 0 Å². The lowest BCUT2D eigenvalue weighted by atomic mass is 10.0. The van der Waals surface area contributed by atoms with Crippen molar-refractivity contribution < 1.29 is 4.79 Å². The summed E-state index contributed by atoms with van der Waals surface area (Å²) in [6.45, 7) is 2.72. The van der Waals surface area contributed by atoms with Crippen LogP contribution in [0.25, 0.3) is 0 Å². The number of hydrogen-bond acceptors (Lipinski definition) is 3. The number of nitrogens with one attached hydrogen (secondary N) is 2. The van der Waals surface area contributed by atoms with Crippen molar-refractivity contribution in [3.63, 3.8) is 0 Å². The molecule has 2 rings (SSSR count). The molecule has 1 aromatic carbocycles. The van der Waals surface area contributed by atoms with Crippen molar-refractivity contribution in [1.82, 2.24) is 10.6 Å². The molecule has 0 radical (unpaired) electrons. The fourth-order valence-electron chi connectivity index (χ4n) is 1.78. The molecule has 0 spiro atoms. The first-order valence-electron chi connectivity index (χ1n) is 5.24. The highest BCUT2D eigenvalue weighted by molar-refractivity contribution is 5.84. The molecule has 0 aromatic heterocycles. The SMILES string of the molecule is C[C@H]1CN[C@@H](c2ccc(C#N)cc2)C(=O)N1. The maximum Gasteiger partial charge on any atom is 0.241 e. The van der Waals surface area contributed by atoms with Crippen LogP contribution in [0.5, 0.6) is 0 Å². The second-order valence-corrected chi connectivity index (χ2v) is 3.98. The monoisotopic (exact) mass is 215 g/mol. The Kier molecular flexibility index (Phi) is 2.88. The van der Waals surface area contributed by atoms with E-state index in [4.69, 9.17) is 5.26 Å². The quantitative estimate of drug-likeness (QED) is 0.725. The molecule has 1 aliphatic heterocycles. The molecule has 1 amide bonds. The summed E-state index contributed by atoms with van der Waals surface area (Å²) in [7, 11) is 0. The highest BCUT2D eigenvalue weighted by Crippen LogP contribution is 2.16. The zero-order valence-corrected chi connectivity index (χ0v) is 9.03. The van der Waals surface area contributed by atoms with E-state index < -0.39 is 0 Å². The van der Waals surface area contributed by atoms with Crippen LogP contribution in [-0.2, 0) is 4.79 Å². The Morgan fingerprint density at radius 1 is 1.38 bits per heavy atom. The molecule has 1 aromatic rings. The Bertz CT molecular complexity index is 433. The van der Waals surface area contributed by atoms with Gasteiger partial charge in [-0.05, 0) is 24.6 Å². The molecule has 1 fully saturated rings. The van der Waals surface area contributed by atoms with Crippen molar-refractivity contribution in [3.8, 4) is 6.07 Å². The van der Waals surface area contributed by atoms with Gasteiger partial charge in [-0.1, -0.05) is 12.1 Å². The maximum atomic E-state index is 11.7. The number of nitriles is 1. The van der Waals surface area contributed by atoms with E-state index in [1.54, 1.807) is 12.1 Å². The van der Waals surface area contributed by atoms with E-state index in [0.29, 0.717) is 5.56 Å². The molecule has 16 heavy (non-hydrogen) atoms. The molecule has 1 aliphatic rings. The van der Waals surface area contributed by atoms with Crippen LogP contribution in [0.15, 0.2) is 24.3 Å². The molecule has 1 saturated heterocycles. The summed E-state index contributed by atoms with van der Waals surface area (Å²) in [6, 6.07) is 8.99. The zero-order valence-electron chi connectivity index (χ0n) is 9.03. The van der Waals surface area contributed by atoms with Crippen LogP contribution >= 0.6 is 0 Å². The molecule has 4 nitrogen and oxygen atoms in total. The van der Waals surface area contributed by atoms with E-state index in [2.05, 4.69) is 16.7 Å². The molecular weight excluding hydrogens is 202 g/mol. The van der Waals surface area contributed by atoms with Crippen LogP contribution < -0.4 is 10.6 Å². The Morgan fingerprint density at radius 2 is 2.06 bits per heavy atom. The number of carbonyl (C=O) groups is 1. The van der Waals surface area contributed by atoms with E-state index in [9.17, 15) is 4.79 Å². The lowest BCUT2D eigenvalue weighted by Crippen LogP contribution is -2.52. The summed E-state index contributed by atoms with van der Waals surface area (Å²) in [4.78, 5) is 11.7. The van der Waals surface area contributed by atoms with Crippen molar-refractivity contribution in [2.24, 2.45) is 0 Å². The smallest absolute Gasteiger partial charge is 0.241 e. The molecule has 2 N–H and O–H groups in total. The van der Waals surface area contributed by atoms with E-state index in [1.165, 1.54) is 0 Å². The van der Waals surface area contributed by atoms with Crippen LogP contribution in [0.1, 0.15) is 24.1 Å². The van der Waals surface area contributed by atoms with E-state index in [1.807, 2.05) is 19.1 Å². The highest BCUT2D eigenvalue weighted by Gasteiger charge is 2.26. The first kappa shape index (κ1) is 10.7. The third-order valence-corrected chi connectivity index (χ3v) is 2.65. The minimum Gasteiger partial charge on any atom is -0.351 e. The number of benzene rings is 1. The average molecular weight is 215 g/mol. The predicted octanol–water partition coefficient (Wildman–Crippen LogP) is 0.707. The van der Waals surface area contributed by atoms with E-state index in [0.717, 1.165) is 12.1 Å². The lowest BCUT2D eigenvalue weighted by molar-refractivity contribution is -0.125. The summed E-state index contributed by atoms with van der Waals surface area (Å²) >= 11 is 0. The minimum absolute atomic E-state index is 0.0107. The van der Waals surface area contributed by atoms with Gasteiger partial charge in [0.25, 0.3) is 0 Å². The van der Waals surface area contributed by atoms with Gasteiger partial charge in [0.2, 0.25) is 5.91 Å². The van der Waals surface area contributed by atoms with Crippen LogP contribution in [0.4, 0.5) is 0 Å². The Balaban J connectivity index is 2.18. The van der Waals surface area contributed by atoms with Crippen LogP contribution in [0, 0.1) is 11.3 Å². The topological polar surface area (TPSA) is 64.9 Å². The molecule has 0 bridgehead atoms. The van der Waals surface area contributed by atoms with Crippen molar-refractivity contribution in [1.29, 1.82) is 5.26 Å². The van der Waals surface area contributed by atoms with E-state index in [-0.39, 0.29) is 18.0 Å². The van der Waals surface area contributed by atoms with Gasteiger partial charge >= 0.3 is 0 Å². The standard InChI is InChI=1S/C12H13N3O/c1-8-7-14-11(12(16)15-8)10-4-2-9(6-13)3-5-10/h2-5,8,11,14H,7H2,1H3,(H,15,16)/t8-,11-/m0/s1. The molecule has 0 saturated carbocycles. The summed E-state index contributed by atoms with van der Waals surface area (Å²) in [6.07, 6.45) is 0. The number of amides is 1. The van der Waals surface area contributed by atoms with Crippen LogP contribution in [0.2, 0.25) is 0 Å². The predicted molar refractivity (Wildman–Crippen MR) is 59.5 cm³/mol. The number of nitrogens with zero attached hydrogens (tertiary/aromatic N) is 1. The average Bonchev–Trinajstić information content (AvgIpc) is 2.29. The number of piperazine rings is 1. The van der Waals surface area contributed by atoms with E-state index >= 15 is 0 Å². The maximum absolute atomic E-state index is 11.7. The second kappa shape index (κ2) is 4.33. The van der Waals surface area contributed by atoms with Gasteiger partial charge < -0.3 is 10.6 Å². The fourth-order valence-corrected chi connectivity index (χ4v) is 1.78. The number of rotatable bonds is 1. The molecule has 82 valence electrons. The summed E-state index contributed by atoms with van der Waals surface area (Å²) in [5.74, 6) is -0.0107. The molecule has 2 atom stereocenters. The van der Waals surface area contributed by atoms with Crippen LogP contribution in [-0.4, -0.2) is 18.5 Å². The molecule has 0 unspecified atom stereocenters. The molecule has 0 aliphatic carbocycles. The Morgan fingerprint density at radius 3 is 2.62 bits per heavy atom. The van der Waals surface area contributed by atoms with Crippen molar-refractivity contribution in [3.05, 3.63) is 35.4 Å². The molecule has 4 heteroatoms. The third kappa shape index (κ3) is 2.05. The summed E-state index contributed by atoms with van der Waals surface area (Å²) in [5, 5.41) is 14.7. The van der Waals surface area contributed by atoms with Crippen molar-refractivity contribution in [2.75, 3.05) is 6.54 Å².